The second-order valence-corrected chi connectivity index (χ2v) is 3.74. The molecule has 0 N–H and O–H groups in total. The van der Waals surface area contributed by atoms with Gasteiger partial charge >= 0.3 is 0 Å². The molecule has 1 aromatic carbocycles. The van der Waals surface area contributed by atoms with Gasteiger partial charge in [0, 0.05) is 0 Å². The first kappa shape index (κ1) is 12.9. The Hall–Kier alpha value is -0.0900. The van der Waals surface area contributed by atoms with Crippen LogP contribution in [0.5, 0.6) is 0 Å². The van der Waals surface area contributed by atoms with Crippen LogP contribution in [-0.4, -0.2) is 20.6 Å². The van der Waals surface area contributed by atoms with E-state index in [1.807, 2.05) is 0 Å². The van der Waals surface area contributed by atoms with Gasteiger partial charge in [0.15, 0.2) is 0 Å². The van der Waals surface area contributed by atoms with Crippen LogP contribution in [-0.2, 0) is 0 Å². The number of hydrogen-bond donors (Lipinski definition) is 0. The molecule has 0 aliphatic rings. The summed E-state index contributed by atoms with van der Waals surface area (Å²) in [7, 11) is 4.50. The molecule has 0 saturated heterocycles. The fourth-order valence-corrected chi connectivity index (χ4v) is 1.52. The molecule has 13 heavy (non-hydrogen) atoms. The van der Waals surface area contributed by atoms with E-state index in [1.54, 1.807) is 0 Å². The van der Waals surface area contributed by atoms with Crippen molar-refractivity contribution < 1.29 is 24.0 Å². The van der Waals surface area contributed by atoms with Gasteiger partial charge in [0.25, 0.3) is 0 Å². The lowest BCUT2D eigenvalue weighted by Crippen LogP contribution is -3.00. The Labute approximate surface area is 98.4 Å². The third kappa shape index (κ3) is 3.65. The summed E-state index contributed by atoms with van der Waals surface area (Å²) in [6, 6.07) is 10.6. The number of benzene rings is 1. The smallest absolute Gasteiger partial charge is 0.132 e. The highest BCUT2D eigenvalue weighted by molar-refractivity contribution is 5.40. The fourth-order valence-electron chi connectivity index (χ4n) is 1.52. The summed E-state index contributed by atoms with van der Waals surface area (Å²) < 4.78 is 0.983. The fraction of sp³-hybridized carbons (Fsp3) is 0.455. The van der Waals surface area contributed by atoms with Crippen molar-refractivity contribution in [3.8, 4) is 0 Å². The lowest BCUT2D eigenvalue weighted by Gasteiger charge is -2.28. The summed E-state index contributed by atoms with van der Waals surface area (Å²) in [5.41, 5.74) is 1.39. The molecule has 1 nitrogen and oxygen atoms in total. The van der Waals surface area contributed by atoms with E-state index >= 15 is 0 Å². The van der Waals surface area contributed by atoms with Gasteiger partial charge in [-0.1, -0.05) is 25.1 Å². The van der Waals surface area contributed by atoms with E-state index in [4.69, 9.17) is 0 Å². The summed E-state index contributed by atoms with van der Waals surface area (Å²) in [6.07, 6.45) is 1.22. The molecule has 74 valence electrons. The van der Waals surface area contributed by atoms with E-state index < -0.39 is 0 Å². The SMILES string of the molecule is CCC[N+](C)(C)c1ccccc1.[I-]. The lowest BCUT2D eigenvalue weighted by atomic mass is 10.2. The number of hydrogen-bond acceptors (Lipinski definition) is 0. The van der Waals surface area contributed by atoms with E-state index in [0.717, 1.165) is 4.48 Å². The molecular weight excluding hydrogens is 273 g/mol. The van der Waals surface area contributed by atoms with Gasteiger partial charge in [0.2, 0.25) is 0 Å². The first-order chi connectivity index (χ1) is 5.67. The van der Waals surface area contributed by atoms with Crippen molar-refractivity contribution in [3.05, 3.63) is 30.3 Å². The van der Waals surface area contributed by atoms with Crippen molar-refractivity contribution in [1.29, 1.82) is 0 Å². The van der Waals surface area contributed by atoms with Gasteiger partial charge in [-0.05, 0) is 18.6 Å². The molecule has 0 heterocycles. The van der Waals surface area contributed by atoms with Gasteiger partial charge in [-0.3, -0.25) is 4.48 Å². The molecule has 0 radical (unpaired) electrons. The van der Waals surface area contributed by atoms with E-state index in [-0.39, 0.29) is 24.0 Å². The summed E-state index contributed by atoms with van der Waals surface area (Å²) in [5.74, 6) is 0. The standard InChI is InChI=1S/C11H18N.HI/c1-4-10-12(2,3)11-8-6-5-7-9-11;/h5-9H,4,10H2,1-3H3;1H/q+1;/p-1. The van der Waals surface area contributed by atoms with Crippen LogP contribution in [0.15, 0.2) is 30.3 Å². The largest absolute Gasteiger partial charge is 1.00 e. The van der Waals surface area contributed by atoms with Crippen LogP contribution in [0.1, 0.15) is 13.3 Å². The maximum absolute atomic E-state index is 2.25. The second-order valence-electron chi connectivity index (χ2n) is 3.74. The minimum Gasteiger partial charge on any atom is -1.00 e. The summed E-state index contributed by atoms with van der Waals surface area (Å²) in [5, 5.41) is 0. The monoisotopic (exact) mass is 291 g/mol. The zero-order chi connectivity index (χ0) is 9.03. The highest BCUT2D eigenvalue weighted by Gasteiger charge is 2.15. The molecule has 0 spiro atoms. The van der Waals surface area contributed by atoms with Crippen molar-refractivity contribution in [2.24, 2.45) is 0 Å². The first-order valence-electron chi connectivity index (χ1n) is 4.55. The van der Waals surface area contributed by atoms with Crippen molar-refractivity contribution >= 4 is 5.69 Å². The summed E-state index contributed by atoms with van der Waals surface area (Å²) >= 11 is 0. The van der Waals surface area contributed by atoms with Crippen LogP contribution in [0.2, 0.25) is 0 Å². The highest BCUT2D eigenvalue weighted by atomic mass is 127. The van der Waals surface area contributed by atoms with Crippen LogP contribution < -0.4 is 28.5 Å². The molecule has 0 unspecified atom stereocenters. The third-order valence-electron chi connectivity index (χ3n) is 2.24. The Morgan fingerprint density at radius 2 is 1.62 bits per heavy atom. The van der Waals surface area contributed by atoms with Gasteiger partial charge in [0.1, 0.15) is 5.69 Å². The Morgan fingerprint density at radius 3 is 2.08 bits per heavy atom. The molecular formula is C11H18IN. The van der Waals surface area contributed by atoms with Crippen molar-refractivity contribution in [3.63, 3.8) is 0 Å². The normalized spacial score (nSPS) is 10.7. The molecule has 1 rings (SSSR count). The summed E-state index contributed by atoms with van der Waals surface area (Å²) in [6.45, 7) is 3.42. The molecule has 0 aromatic heterocycles. The molecule has 0 saturated carbocycles. The Bertz CT molecular complexity index is 231. The quantitative estimate of drug-likeness (QED) is 0.528. The van der Waals surface area contributed by atoms with Crippen molar-refractivity contribution in [2.45, 2.75) is 13.3 Å². The molecule has 1 aromatic rings. The minimum atomic E-state index is 0. The highest BCUT2D eigenvalue weighted by Crippen LogP contribution is 2.17. The van der Waals surface area contributed by atoms with E-state index in [1.165, 1.54) is 18.7 Å². The van der Waals surface area contributed by atoms with Crippen LogP contribution in [0.25, 0.3) is 0 Å². The second kappa shape index (κ2) is 5.60. The molecule has 0 aliphatic heterocycles. The Morgan fingerprint density at radius 1 is 1.08 bits per heavy atom. The number of nitrogens with zero attached hydrogens (tertiary/aromatic N) is 1. The molecule has 2 heteroatoms. The van der Waals surface area contributed by atoms with Gasteiger partial charge in [-0.15, -0.1) is 0 Å². The average Bonchev–Trinajstić information content (AvgIpc) is 2.06. The van der Waals surface area contributed by atoms with E-state index in [2.05, 4.69) is 51.4 Å². The Kier molecular flexibility index (Phi) is 5.56. The molecule has 0 bridgehead atoms. The maximum atomic E-state index is 2.25. The zero-order valence-electron chi connectivity index (χ0n) is 8.63. The van der Waals surface area contributed by atoms with Crippen molar-refractivity contribution in [1.82, 2.24) is 4.48 Å². The van der Waals surface area contributed by atoms with E-state index in [9.17, 15) is 0 Å². The van der Waals surface area contributed by atoms with Gasteiger partial charge in [-0.2, -0.15) is 0 Å². The number of quaternary nitrogens is 1. The number of halogens is 1. The summed E-state index contributed by atoms with van der Waals surface area (Å²) in [4.78, 5) is 0. The predicted octanol–water partition coefficient (Wildman–Crippen LogP) is -0.332. The third-order valence-corrected chi connectivity index (χ3v) is 2.24. The first-order valence-corrected chi connectivity index (χ1v) is 4.55. The van der Waals surface area contributed by atoms with Crippen LogP contribution in [0, 0.1) is 0 Å². The number of rotatable bonds is 3. The van der Waals surface area contributed by atoms with Crippen LogP contribution in [0.3, 0.4) is 0 Å². The van der Waals surface area contributed by atoms with Crippen molar-refractivity contribution in [2.75, 3.05) is 20.6 Å². The maximum Gasteiger partial charge on any atom is 0.132 e. The van der Waals surface area contributed by atoms with Crippen LogP contribution in [0.4, 0.5) is 5.69 Å². The molecule has 0 fully saturated rings. The Balaban J connectivity index is 0.00000144. The molecule has 0 aliphatic carbocycles. The zero-order valence-corrected chi connectivity index (χ0v) is 10.8. The molecule has 0 amide bonds. The van der Waals surface area contributed by atoms with Gasteiger partial charge in [-0.25, -0.2) is 0 Å². The topological polar surface area (TPSA) is 0 Å². The lowest BCUT2D eigenvalue weighted by molar-refractivity contribution is -0.00000275. The molecule has 0 atom stereocenters. The van der Waals surface area contributed by atoms with E-state index in [0.29, 0.717) is 0 Å². The minimum absolute atomic E-state index is 0. The predicted molar refractivity (Wildman–Crippen MR) is 55.2 cm³/mol. The van der Waals surface area contributed by atoms with Gasteiger partial charge in [0.05, 0.1) is 20.6 Å². The van der Waals surface area contributed by atoms with Crippen LogP contribution >= 0.6 is 0 Å². The van der Waals surface area contributed by atoms with Gasteiger partial charge < -0.3 is 24.0 Å². The average molecular weight is 291 g/mol. The number of para-hydroxylation sites is 1.